The summed E-state index contributed by atoms with van der Waals surface area (Å²) in [5.74, 6) is -4.07. The maximum atomic E-state index is 14.0. The van der Waals surface area contributed by atoms with Gasteiger partial charge in [-0.3, -0.25) is 19.2 Å². The zero-order chi connectivity index (χ0) is 26.1. The summed E-state index contributed by atoms with van der Waals surface area (Å²) in [5.41, 5.74) is -0.909. The SMILES string of the molecule is COc1ccc(N2C(=O)[C@@H]3[C@H](c4ccc(Br)cc4)OC4(C(=O)c5ccccc5C4=O)[C@H]3C2=O)cc1OC. The van der Waals surface area contributed by atoms with Crippen molar-refractivity contribution in [2.24, 2.45) is 11.8 Å². The third kappa shape index (κ3) is 3.10. The number of Topliss-reactive ketones (excluding diaryl/α,β-unsaturated/α-hetero) is 2. The molecule has 2 saturated heterocycles. The summed E-state index contributed by atoms with van der Waals surface area (Å²) < 4.78 is 17.7. The van der Waals surface area contributed by atoms with E-state index in [1.807, 2.05) is 0 Å². The third-order valence-corrected chi connectivity index (χ3v) is 7.87. The summed E-state index contributed by atoms with van der Waals surface area (Å²) in [7, 11) is 2.93. The number of anilines is 1. The molecule has 0 saturated carbocycles. The largest absolute Gasteiger partial charge is 0.493 e. The molecular formula is C28H20BrNO7. The number of imide groups is 1. The number of rotatable bonds is 4. The second-order valence-corrected chi connectivity index (χ2v) is 10.00. The quantitative estimate of drug-likeness (QED) is 0.348. The number of hydrogen-bond acceptors (Lipinski definition) is 7. The molecule has 3 aromatic rings. The van der Waals surface area contributed by atoms with Crippen molar-refractivity contribution in [2.75, 3.05) is 19.1 Å². The number of carbonyl (C=O) groups excluding carboxylic acids is 4. The number of carbonyl (C=O) groups is 4. The van der Waals surface area contributed by atoms with E-state index in [-0.39, 0.29) is 16.8 Å². The van der Waals surface area contributed by atoms with Crippen LogP contribution in [0.1, 0.15) is 32.4 Å². The predicted octanol–water partition coefficient (Wildman–Crippen LogP) is 4.16. The van der Waals surface area contributed by atoms with Gasteiger partial charge in [-0.2, -0.15) is 0 Å². The van der Waals surface area contributed by atoms with Crippen LogP contribution in [-0.2, 0) is 14.3 Å². The predicted molar refractivity (Wildman–Crippen MR) is 135 cm³/mol. The van der Waals surface area contributed by atoms with E-state index in [2.05, 4.69) is 15.9 Å². The first kappa shape index (κ1) is 23.6. The Kier molecular flexibility index (Phi) is 5.32. The van der Waals surface area contributed by atoms with Crippen LogP contribution in [0.15, 0.2) is 71.2 Å². The van der Waals surface area contributed by atoms with Crippen LogP contribution in [-0.4, -0.2) is 43.2 Å². The summed E-state index contributed by atoms with van der Waals surface area (Å²) in [4.78, 5) is 56.6. The average molecular weight is 562 g/mol. The first-order valence-electron chi connectivity index (χ1n) is 11.5. The van der Waals surface area contributed by atoms with Gasteiger partial charge < -0.3 is 14.2 Å². The molecule has 0 bridgehead atoms. The van der Waals surface area contributed by atoms with Crippen LogP contribution in [0, 0.1) is 11.8 Å². The topological polar surface area (TPSA) is 99.2 Å². The molecule has 0 aromatic heterocycles. The van der Waals surface area contributed by atoms with Crippen molar-refractivity contribution >= 4 is 45.0 Å². The highest BCUT2D eigenvalue weighted by Crippen LogP contribution is 2.58. The van der Waals surface area contributed by atoms with Crippen LogP contribution in [0.25, 0.3) is 0 Å². The van der Waals surface area contributed by atoms with Gasteiger partial charge in [0.25, 0.3) is 0 Å². The highest BCUT2D eigenvalue weighted by molar-refractivity contribution is 9.10. The Morgan fingerprint density at radius 2 is 1.43 bits per heavy atom. The fourth-order valence-corrected chi connectivity index (χ4v) is 5.95. The molecule has 2 aliphatic heterocycles. The van der Waals surface area contributed by atoms with Crippen molar-refractivity contribution in [1.82, 2.24) is 0 Å². The Bertz CT molecular complexity index is 1460. The molecule has 3 aliphatic rings. The molecule has 0 N–H and O–H groups in total. The monoisotopic (exact) mass is 561 g/mol. The first-order chi connectivity index (χ1) is 17.8. The Labute approximate surface area is 220 Å². The van der Waals surface area contributed by atoms with Crippen molar-refractivity contribution in [2.45, 2.75) is 11.7 Å². The molecule has 0 radical (unpaired) electrons. The Hall–Kier alpha value is -3.82. The molecule has 6 rings (SSSR count). The molecule has 2 fully saturated rings. The Morgan fingerprint density at radius 1 is 0.811 bits per heavy atom. The van der Waals surface area contributed by atoms with Crippen LogP contribution < -0.4 is 14.4 Å². The van der Waals surface area contributed by atoms with Crippen molar-refractivity contribution in [3.05, 3.63) is 87.9 Å². The fourth-order valence-electron chi connectivity index (χ4n) is 5.69. The lowest BCUT2D eigenvalue weighted by Gasteiger charge is -2.27. The Balaban J connectivity index is 1.52. The maximum absolute atomic E-state index is 14.0. The van der Waals surface area contributed by atoms with E-state index in [1.54, 1.807) is 60.7 Å². The van der Waals surface area contributed by atoms with Gasteiger partial charge >= 0.3 is 0 Å². The highest BCUT2D eigenvalue weighted by Gasteiger charge is 2.74. The molecule has 186 valence electrons. The van der Waals surface area contributed by atoms with Gasteiger partial charge in [0.15, 0.2) is 11.5 Å². The molecule has 3 aromatic carbocycles. The van der Waals surface area contributed by atoms with Gasteiger partial charge in [-0.25, -0.2) is 4.90 Å². The lowest BCUT2D eigenvalue weighted by molar-refractivity contribution is -0.127. The van der Waals surface area contributed by atoms with Crippen LogP contribution in [0.5, 0.6) is 11.5 Å². The lowest BCUT2D eigenvalue weighted by atomic mass is 9.77. The number of hydrogen-bond donors (Lipinski definition) is 0. The van der Waals surface area contributed by atoms with Gasteiger partial charge in [0.2, 0.25) is 29.0 Å². The van der Waals surface area contributed by atoms with E-state index in [4.69, 9.17) is 14.2 Å². The van der Waals surface area contributed by atoms with Crippen LogP contribution in [0.3, 0.4) is 0 Å². The number of methoxy groups -OCH3 is 2. The van der Waals surface area contributed by atoms with E-state index >= 15 is 0 Å². The lowest BCUT2D eigenvalue weighted by Crippen LogP contribution is -2.51. The van der Waals surface area contributed by atoms with E-state index < -0.39 is 46.9 Å². The van der Waals surface area contributed by atoms with Crippen LogP contribution in [0.2, 0.25) is 0 Å². The van der Waals surface area contributed by atoms with Gasteiger partial charge in [-0.15, -0.1) is 0 Å². The minimum absolute atomic E-state index is 0.188. The number of halogens is 1. The zero-order valence-electron chi connectivity index (χ0n) is 19.8. The third-order valence-electron chi connectivity index (χ3n) is 7.34. The van der Waals surface area contributed by atoms with E-state index in [0.717, 1.165) is 9.37 Å². The summed E-state index contributed by atoms with van der Waals surface area (Å²) in [6, 6.07) is 18.1. The average Bonchev–Trinajstić information content (AvgIpc) is 3.48. The van der Waals surface area contributed by atoms with Crippen molar-refractivity contribution in [3.63, 3.8) is 0 Å². The number of fused-ring (bicyclic) bond motifs is 3. The van der Waals surface area contributed by atoms with Crippen LogP contribution >= 0.6 is 15.9 Å². The smallest absolute Gasteiger partial charge is 0.241 e. The van der Waals surface area contributed by atoms with E-state index in [0.29, 0.717) is 17.1 Å². The summed E-state index contributed by atoms with van der Waals surface area (Å²) >= 11 is 3.40. The number of amides is 2. The van der Waals surface area contributed by atoms with Crippen molar-refractivity contribution in [1.29, 1.82) is 0 Å². The molecule has 37 heavy (non-hydrogen) atoms. The molecule has 0 unspecified atom stereocenters. The number of ketones is 2. The minimum atomic E-state index is -2.12. The second-order valence-electron chi connectivity index (χ2n) is 9.08. The molecule has 9 heteroatoms. The van der Waals surface area contributed by atoms with Crippen molar-refractivity contribution < 1.29 is 33.4 Å². The highest BCUT2D eigenvalue weighted by atomic mass is 79.9. The molecule has 1 spiro atoms. The number of ether oxygens (including phenoxy) is 3. The molecule has 3 atom stereocenters. The standard InChI is InChI=1S/C28H20BrNO7/c1-35-19-12-11-16(13-20(19)36-2)30-26(33)21-22(27(30)34)28(37-23(21)14-7-9-15(29)10-8-14)24(31)17-5-3-4-6-18(17)25(28)32/h3-13,21-23H,1-2H3/t21-,22+,23-/m0/s1. The van der Waals surface area contributed by atoms with Gasteiger partial charge in [-0.1, -0.05) is 52.3 Å². The van der Waals surface area contributed by atoms with Gasteiger partial charge in [-0.05, 0) is 29.8 Å². The summed E-state index contributed by atoms with van der Waals surface area (Å²) in [6.45, 7) is 0. The summed E-state index contributed by atoms with van der Waals surface area (Å²) in [6.07, 6.45) is -0.984. The normalized spacial score (nSPS) is 23.5. The maximum Gasteiger partial charge on any atom is 0.241 e. The second kappa shape index (κ2) is 8.36. The van der Waals surface area contributed by atoms with Crippen LogP contribution in [0.4, 0.5) is 5.69 Å². The van der Waals surface area contributed by atoms with E-state index in [9.17, 15) is 19.2 Å². The first-order valence-corrected chi connectivity index (χ1v) is 12.3. The van der Waals surface area contributed by atoms with E-state index in [1.165, 1.54) is 20.3 Å². The number of nitrogens with zero attached hydrogens (tertiary/aromatic N) is 1. The van der Waals surface area contributed by atoms with Gasteiger partial charge in [0.05, 0.1) is 37.8 Å². The van der Waals surface area contributed by atoms with Crippen molar-refractivity contribution in [3.8, 4) is 11.5 Å². The molecule has 2 heterocycles. The minimum Gasteiger partial charge on any atom is -0.493 e. The number of benzene rings is 3. The Morgan fingerprint density at radius 3 is 2.03 bits per heavy atom. The van der Waals surface area contributed by atoms with Gasteiger partial charge in [0, 0.05) is 21.7 Å². The zero-order valence-corrected chi connectivity index (χ0v) is 21.4. The molecule has 1 aliphatic carbocycles. The molecule has 8 nitrogen and oxygen atoms in total. The summed E-state index contributed by atoms with van der Waals surface area (Å²) in [5, 5.41) is 0. The fraction of sp³-hybridized carbons (Fsp3) is 0.214. The van der Waals surface area contributed by atoms with Gasteiger partial charge in [0.1, 0.15) is 0 Å². The molecular weight excluding hydrogens is 542 g/mol. The molecule has 2 amide bonds.